The molecule has 0 aliphatic rings. The van der Waals surface area contributed by atoms with Gasteiger partial charge in [-0.05, 0) is 25.5 Å². The highest BCUT2D eigenvalue weighted by molar-refractivity contribution is 5.95. The van der Waals surface area contributed by atoms with Crippen molar-refractivity contribution in [1.82, 2.24) is 15.1 Å². The second-order valence-electron chi connectivity index (χ2n) is 5.35. The Labute approximate surface area is 135 Å². The van der Waals surface area contributed by atoms with Gasteiger partial charge >= 0.3 is 0 Å². The average Bonchev–Trinajstić information content (AvgIpc) is 2.99. The molecule has 1 heterocycles. The summed E-state index contributed by atoms with van der Waals surface area (Å²) in [6.07, 6.45) is 1.19. The summed E-state index contributed by atoms with van der Waals surface area (Å²) < 4.78 is 1.57. The summed E-state index contributed by atoms with van der Waals surface area (Å²) in [6, 6.07) is 11.0. The van der Waals surface area contributed by atoms with Crippen LogP contribution in [0.5, 0.6) is 0 Å². The Hall–Kier alpha value is -2.63. The first-order valence-corrected chi connectivity index (χ1v) is 7.81. The van der Waals surface area contributed by atoms with Gasteiger partial charge in [-0.2, -0.15) is 5.10 Å². The third kappa shape index (κ3) is 4.18. The fraction of sp³-hybridized carbons (Fsp3) is 0.353. The minimum atomic E-state index is -0.249. The molecule has 1 atom stereocenters. The first-order valence-electron chi connectivity index (χ1n) is 7.81. The molecule has 2 aromatic rings. The lowest BCUT2D eigenvalue weighted by Crippen LogP contribution is -2.32. The van der Waals surface area contributed by atoms with Crippen molar-refractivity contribution >= 4 is 17.6 Å². The molecule has 6 heteroatoms. The molecular formula is C17H22N4O2. The second-order valence-corrected chi connectivity index (χ2v) is 5.35. The van der Waals surface area contributed by atoms with Gasteiger partial charge < -0.3 is 10.6 Å². The lowest BCUT2D eigenvalue weighted by molar-refractivity contribution is -0.115. The van der Waals surface area contributed by atoms with Gasteiger partial charge in [0.1, 0.15) is 5.82 Å². The van der Waals surface area contributed by atoms with Gasteiger partial charge in [0.05, 0.1) is 5.69 Å². The van der Waals surface area contributed by atoms with Crippen LogP contribution in [0.25, 0.3) is 5.69 Å². The normalized spacial score (nSPS) is 11.8. The molecule has 1 aromatic carbocycles. The van der Waals surface area contributed by atoms with E-state index in [0.29, 0.717) is 12.2 Å². The summed E-state index contributed by atoms with van der Waals surface area (Å²) in [7, 11) is 0. The van der Waals surface area contributed by atoms with Gasteiger partial charge in [-0.3, -0.25) is 9.59 Å². The molecule has 0 saturated heterocycles. The maximum Gasteiger partial charge on any atom is 0.272 e. The highest BCUT2D eigenvalue weighted by atomic mass is 16.2. The summed E-state index contributed by atoms with van der Waals surface area (Å²) in [5.74, 6) is 0.106. The number of nitrogens with one attached hydrogen (secondary N) is 2. The summed E-state index contributed by atoms with van der Waals surface area (Å²) >= 11 is 0. The third-order valence-electron chi connectivity index (χ3n) is 3.52. The minimum absolute atomic E-state index is 0.0676. The molecule has 0 fully saturated rings. The molecule has 122 valence electrons. The Morgan fingerprint density at radius 3 is 2.52 bits per heavy atom. The van der Waals surface area contributed by atoms with E-state index >= 15 is 0 Å². The maximum atomic E-state index is 12.3. The van der Waals surface area contributed by atoms with E-state index in [-0.39, 0.29) is 23.6 Å². The van der Waals surface area contributed by atoms with Crippen LogP contribution in [0.1, 0.15) is 44.1 Å². The molecule has 0 radical (unpaired) electrons. The molecule has 23 heavy (non-hydrogen) atoms. The molecule has 1 unspecified atom stereocenters. The summed E-state index contributed by atoms with van der Waals surface area (Å²) in [5.41, 5.74) is 1.06. The summed E-state index contributed by atoms with van der Waals surface area (Å²) in [5, 5.41) is 10.0. The minimum Gasteiger partial charge on any atom is -0.348 e. The number of hydrogen-bond acceptors (Lipinski definition) is 3. The molecule has 0 aliphatic carbocycles. The van der Waals surface area contributed by atoms with Gasteiger partial charge in [0.2, 0.25) is 5.91 Å². The van der Waals surface area contributed by atoms with Crippen molar-refractivity contribution in [1.29, 1.82) is 0 Å². The zero-order chi connectivity index (χ0) is 16.8. The largest absolute Gasteiger partial charge is 0.348 e. The van der Waals surface area contributed by atoms with Crippen LogP contribution in [0.3, 0.4) is 0 Å². The monoisotopic (exact) mass is 314 g/mol. The Bertz CT molecular complexity index is 679. The second kappa shape index (κ2) is 7.58. The SMILES string of the molecule is CCC(=O)Nc1cc(C(=O)NC(C)CC)nn1-c1ccccc1. The van der Waals surface area contributed by atoms with Crippen LogP contribution in [-0.2, 0) is 4.79 Å². The molecule has 2 N–H and O–H groups in total. The lowest BCUT2D eigenvalue weighted by Gasteiger charge is -2.09. The van der Waals surface area contributed by atoms with Crippen LogP contribution in [-0.4, -0.2) is 27.6 Å². The van der Waals surface area contributed by atoms with Gasteiger partial charge in [-0.25, -0.2) is 4.68 Å². The molecule has 0 bridgehead atoms. The Morgan fingerprint density at radius 1 is 1.22 bits per heavy atom. The van der Waals surface area contributed by atoms with Crippen LogP contribution in [0, 0.1) is 0 Å². The van der Waals surface area contributed by atoms with Crippen LogP contribution in [0.4, 0.5) is 5.82 Å². The number of benzene rings is 1. The number of carbonyl (C=O) groups is 2. The number of hydrogen-bond donors (Lipinski definition) is 2. The predicted molar refractivity (Wildman–Crippen MR) is 89.7 cm³/mol. The zero-order valence-corrected chi connectivity index (χ0v) is 13.7. The van der Waals surface area contributed by atoms with Crippen molar-refractivity contribution < 1.29 is 9.59 Å². The van der Waals surface area contributed by atoms with E-state index in [2.05, 4.69) is 15.7 Å². The lowest BCUT2D eigenvalue weighted by atomic mass is 10.2. The molecule has 0 aliphatic heterocycles. The van der Waals surface area contributed by atoms with E-state index in [1.165, 1.54) is 0 Å². The van der Waals surface area contributed by atoms with Gasteiger partial charge in [0, 0.05) is 18.5 Å². The first kappa shape index (κ1) is 16.7. The highest BCUT2D eigenvalue weighted by Gasteiger charge is 2.17. The number of aromatic nitrogens is 2. The quantitative estimate of drug-likeness (QED) is 0.861. The fourth-order valence-electron chi connectivity index (χ4n) is 1.98. The molecule has 2 rings (SSSR count). The Kier molecular flexibility index (Phi) is 5.51. The molecular weight excluding hydrogens is 292 g/mol. The highest BCUT2D eigenvalue weighted by Crippen LogP contribution is 2.17. The number of nitrogens with zero attached hydrogens (tertiary/aromatic N) is 2. The summed E-state index contributed by atoms with van der Waals surface area (Å²) in [6.45, 7) is 5.71. The van der Waals surface area contributed by atoms with Crippen molar-refractivity contribution in [2.75, 3.05) is 5.32 Å². The molecule has 6 nitrogen and oxygen atoms in total. The number of para-hydroxylation sites is 1. The average molecular weight is 314 g/mol. The smallest absolute Gasteiger partial charge is 0.272 e. The first-order chi connectivity index (χ1) is 11.0. The van der Waals surface area contributed by atoms with E-state index in [9.17, 15) is 9.59 Å². The van der Waals surface area contributed by atoms with Gasteiger partial charge in [0.25, 0.3) is 5.91 Å². The number of carbonyl (C=O) groups excluding carboxylic acids is 2. The van der Waals surface area contributed by atoms with E-state index in [1.54, 1.807) is 17.7 Å². The number of anilines is 1. The Balaban J connectivity index is 2.35. The van der Waals surface area contributed by atoms with E-state index in [0.717, 1.165) is 12.1 Å². The standard InChI is InChI=1S/C17H22N4O2/c1-4-12(3)18-17(23)14-11-15(19-16(22)5-2)21(20-14)13-9-7-6-8-10-13/h6-12H,4-5H2,1-3H3,(H,18,23)(H,19,22). The van der Waals surface area contributed by atoms with Crippen molar-refractivity contribution in [3.63, 3.8) is 0 Å². The third-order valence-corrected chi connectivity index (χ3v) is 3.52. The van der Waals surface area contributed by atoms with E-state index < -0.39 is 0 Å². The van der Waals surface area contributed by atoms with Crippen molar-refractivity contribution in [2.45, 2.75) is 39.7 Å². The number of amides is 2. The van der Waals surface area contributed by atoms with Crippen molar-refractivity contribution in [3.05, 3.63) is 42.1 Å². The Morgan fingerprint density at radius 2 is 1.91 bits per heavy atom. The number of rotatable bonds is 6. The van der Waals surface area contributed by atoms with Gasteiger partial charge in [-0.1, -0.05) is 32.0 Å². The van der Waals surface area contributed by atoms with Crippen LogP contribution in [0.2, 0.25) is 0 Å². The van der Waals surface area contributed by atoms with Crippen molar-refractivity contribution in [2.24, 2.45) is 0 Å². The van der Waals surface area contributed by atoms with Crippen LogP contribution >= 0.6 is 0 Å². The van der Waals surface area contributed by atoms with Gasteiger partial charge in [-0.15, -0.1) is 0 Å². The fourth-order valence-corrected chi connectivity index (χ4v) is 1.98. The summed E-state index contributed by atoms with van der Waals surface area (Å²) in [4.78, 5) is 24.0. The molecule has 0 spiro atoms. The van der Waals surface area contributed by atoms with Crippen molar-refractivity contribution in [3.8, 4) is 5.69 Å². The molecule has 0 saturated carbocycles. The molecule has 2 amide bonds. The van der Waals surface area contributed by atoms with E-state index in [1.807, 2.05) is 44.2 Å². The van der Waals surface area contributed by atoms with Gasteiger partial charge in [0.15, 0.2) is 5.69 Å². The maximum absolute atomic E-state index is 12.3. The predicted octanol–water partition coefficient (Wildman–Crippen LogP) is 2.75. The zero-order valence-electron chi connectivity index (χ0n) is 13.7. The van der Waals surface area contributed by atoms with Crippen LogP contribution < -0.4 is 10.6 Å². The molecule has 1 aromatic heterocycles. The topological polar surface area (TPSA) is 76.0 Å². The van der Waals surface area contributed by atoms with E-state index in [4.69, 9.17) is 0 Å². The van der Waals surface area contributed by atoms with Crippen LogP contribution in [0.15, 0.2) is 36.4 Å².